The summed E-state index contributed by atoms with van der Waals surface area (Å²) in [5, 5.41) is 0. The zero-order valence-corrected chi connectivity index (χ0v) is 5.97. The van der Waals surface area contributed by atoms with E-state index < -0.39 is 13.9 Å². The van der Waals surface area contributed by atoms with Gasteiger partial charge in [-0.05, 0) is 6.92 Å². The molecular formula is C4H9O4P. The van der Waals surface area contributed by atoms with E-state index in [0.717, 1.165) is 0 Å². The zero-order valence-electron chi connectivity index (χ0n) is 5.07. The van der Waals surface area contributed by atoms with Crippen LogP contribution in [0.2, 0.25) is 0 Å². The van der Waals surface area contributed by atoms with Crippen LogP contribution in [0.3, 0.4) is 0 Å². The number of ether oxygens (including phenoxy) is 1. The monoisotopic (exact) mass is 152 g/mol. The Morgan fingerprint density at radius 2 is 2.22 bits per heavy atom. The summed E-state index contributed by atoms with van der Waals surface area (Å²) < 4.78 is 14.5. The van der Waals surface area contributed by atoms with Crippen molar-refractivity contribution in [2.45, 2.75) is 6.92 Å². The summed E-state index contributed by atoms with van der Waals surface area (Å²) >= 11 is 0. The lowest BCUT2D eigenvalue weighted by Crippen LogP contribution is -1.91. The van der Waals surface area contributed by atoms with E-state index >= 15 is 0 Å². The molecule has 4 nitrogen and oxygen atoms in total. The lowest BCUT2D eigenvalue weighted by atomic mass is 10.7. The molecule has 0 unspecified atom stereocenters. The molecule has 0 heterocycles. The fourth-order valence-electron chi connectivity index (χ4n) is 0.194. The fourth-order valence-corrected chi connectivity index (χ4v) is 0.583. The Labute approximate surface area is 53.3 Å². The largest absolute Gasteiger partial charge is 0.486 e. The lowest BCUT2D eigenvalue weighted by Gasteiger charge is -2.04. The van der Waals surface area contributed by atoms with E-state index in [1.165, 1.54) is 6.92 Å². The summed E-state index contributed by atoms with van der Waals surface area (Å²) in [6.07, 6.45) is -0.581. The van der Waals surface area contributed by atoms with E-state index in [-0.39, 0.29) is 0 Å². The van der Waals surface area contributed by atoms with E-state index in [1.807, 2.05) is 0 Å². The molecule has 0 aromatic rings. The summed E-state index contributed by atoms with van der Waals surface area (Å²) in [6.45, 7) is 4.82. The van der Waals surface area contributed by atoms with Gasteiger partial charge in [-0.3, -0.25) is 4.57 Å². The minimum Gasteiger partial charge on any atom is -0.486 e. The van der Waals surface area contributed by atoms with Crippen molar-refractivity contribution >= 4 is 7.60 Å². The van der Waals surface area contributed by atoms with Gasteiger partial charge in [0.1, 0.15) is 0 Å². The van der Waals surface area contributed by atoms with Crippen LogP contribution < -0.4 is 0 Å². The third kappa shape index (κ3) is 7.69. The van der Waals surface area contributed by atoms with Gasteiger partial charge in [0.05, 0.1) is 5.76 Å². The highest BCUT2D eigenvalue weighted by atomic mass is 31.2. The first-order valence-corrected chi connectivity index (χ1v) is 4.04. The van der Waals surface area contributed by atoms with E-state index in [2.05, 4.69) is 11.3 Å². The summed E-state index contributed by atoms with van der Waals surface area (Å²) in [4.78, 5) is 16.4. The Morgan fingerprint density at radius 3 is 2.33 bits per heavy atom. The van der Waals surface area contributed by atoms with Crippen LogP contribution in [0.1, 0.15) is 6.92 Å². The maximum Gasteiger partial charge on any atom is 0.362 e. The average Bonchev–Trinajstić information content (AvgIpc) is 1.59. The van der Waals surface area contributed by atoms with Gasteiger partial charge >= 0.3 is 7.60 Å². The number of allylic oxidation sites excluding steroid dienone is 1. The van der Waals surface area contributed by atoms with Crippen LogP contribution in [-0.4, -0.2) is 16.1 Å². The smallest absolute Gasteiger partial charge is 0.362 e. The van der Waals surface area contributed by atoms with Crippen molar-refractivity contribution in [3.63, 3.8) is 0 Å². The highest BCUT2D eigenvalue weighted by Gasteiger charge is 2.12. The van der Waals surface area contributed by atoms with Gasteiger partial charge < -0.3 is 14.5 Å². The number of hydrogen-bond acceptors (Lipinski definition) is 2. The molecule has 0 saturated carbocycles. The molecule has 0 aromatic carbocycles. The fraction of sp³-hybridized carbons (Fsp3) is 0.500. The van der Waals surface area contributed by atoms with E-state index in [1.54, 1.807) is 0 Å². The van der Waals surface area contributed by atoms with Crippen LogP contribution in [0.15, 0.2) is 12.3 Å². The summed E-state index contributed by atoms with van der Waals surface area (Å²) in [7, 11) is -4.00. The van der Waals surface area contributed by atoms with Crippen molar-refractivity contribution < 1.29 is 19.1 Å². The van der Waals surface area contributed by atoms with Crippen molar-refractivity contribution in [1.29, 1.82) is 0 Å². The predicted molar refractivity (Wildman–Crippen MR) is 32.8 cm³/mol. The molecule has 0 rings (SSSR count). The molecule has 0 fully saturated rings. The quantitative estimate of drug-likeness (QED) is 0.460. The second-order valence-corrected chi connectivity index (χ2v) is 3.23. The molecule has 0 bridgehead atoms. The van der Waals surface area contributed by atoms with Gasteiger partial charge in [-0.25, -0.2) is 0 Å². The molecule has 0 aliphatic carbocycles. The van der Waals surface area contributed by atoms with Gasteiger partial charge in [-0.1, -0.05) is 6.58 Å². The van der Waals surface area contributed by atoms with Gasteiger partial charge in [0, 0.05) is 0 Å². The van der Waals surface area contributed by atoms with Gasteiger partial charge in [0.25, 0.3) is 0 Å². The van der Waals surface area contributed by atoms with Gasteiger partial charge in [0.15, 0.2) is 6.35 Å². The van der Waals surface area contributed by atoms with Gasteiger partial charge in [-0.15, -0.1) is 0 Å². The molecule has 2 N–H and O–H groups in total. The normalized spacial score (nSPS) is 11.0. The van der Waals surface area contributed by atoms with Crippen molar-refractivity contribution in [3.05, 3.63) is 12.3 Å². The van der Waals surface area contributed by atoms with Crippen LogP contribution in [-0.2, 0) is 9.30 Å². The average molecular weight is 152 g/mol. The van der Waals surface area contributed by atoms with Crippen molar-refractivity contribution in [3.8, 4) is 0 Å². The SMILES string of the molecule is C=C(C)OCP(=O)(O)O. The highest BCUT2D eigenvalue weighted by Crippen LogP contribution is 2.34. The van der Waals surface area contributed by atoms with Gasteiger partial charge in [0.2, 0.25) is 0 Å². The van der Waals surface area contributed by atoms with Crippen LogP contribution in [0, 0.1) is 0 Å². The van der Waals surface area contributed by atoms with Crippen LogP contribution >= 0.6 is 7.60 Å². The Kier molecular flexibility index (Phi) is 2.91. The minimum absolute atomic E-state index is 0.304. The molecule has 0 aromatic heterocycles. The lowest BCUT2D eigenvalue weighted by molar-refractivity contribution is 0.231. The van der Waals surface area contributed by atoms with Crippen molar-refractivity contribution in [1.82, 2.24) is 0 Å². The highest BCUT2D eigenvalue weighted by molar-refractivity contribution is 7.51. The molecule has 0 saturated heterocycles. The number of rotatable bonds is 3. The van der Waals surface area contributed by atoms with Crippen molar-refractivity contribution in [2.75, 3.05) is 6.35 Å². The topological polar surface area (TPSA) is 66.8 Å². The molecule has 54 valence electrons. The van der Waals surface area contributed by atoms with E-state index in [9.17, 15) is 4.57 Å². The van der Waals surface area contributed by atoms with Crippen LogP contribution in [0.25, 0.3) is 0 Å². The standard InChI is InChI=1S/C4H9O4P/c1-4(2)8-3-9(5,6)7/h1,3H2,2H3,(H2,5,6,7). The Balaban J connectivity index is 3.53. The minimum atomic E-state index is -4.00. The van der Waals surface area contributed by atoms with E-state index in [0.29, 0.717) is 5.76 Å². The molecule has 0 amide bonds. The summed E-state index contributed by atoms with van der Waals surface area (Å²) in [5.41, 5.74) is 0. The zero-order chi connectivity index (χ0) is 7.49. The Morgan fingerprint density at radius 1 is 1.78 bits per heavy atom. The molecule has 9 heavy (non-hydrogen) atoms. The van der Waals surface area contributed by atoms with E-state index in [4.69, 9.17) is 9.79 Å². The molecule has 0 radical (unpaired) electrons. The number of hydrogen-bond donors (Lipinski definition) is 2. The maximum atomic E-state index is 10.1. The summed E-state index contributed by atoms with van der Waals surface area (Å²) in [6, 6.07) is 0. The second-order valence-electron chi connectivity index (χ2n) is 1.64. The van der Waals surface area contributed by atoms with Crippen LogP contribution in [0.5, 0.6) is 0 Å². The predicted octanol–water partition coefficient (Wildman–Crippen LogP) is 0.672. The molecule has 0 spiro atoms. The third-order valence-electron chi connectivity index (χ3n) is 0.479. The van der Waals surface area contributed by atoms with Crippen LogP contribution in [0.4, 0.5) is 0 Å². The molecule has 5 heteroatoms. The third-order valence-corrected chi connectivity index (χ3v) is 0.945. The first-order chi connectivity index (χ1) is 3.92. The second kappa shape index (κ2) is 3.01. The Hall–Kier alpha value is -0.310. The maximum absolute atomic E-state index is 10.1. The molecule has 0 aliphatic rings. The first kappa shape index (κ1) is 8.69. The summed E-state index contributed by atoms with van der Waals surface area (Å²) in [5.74, 6) is 0.304. The van der Waals surface area contributed by atoms with Gasteiger partial charge in [-0.2, -0.15) is 0 Å². The Bertz CT molecular complexity index is 147. The van der Waals surface area contributed by atoms with Crippen molar-refractivity contribution in [2.24, 2.45) is 0 Å². The first-order valence-electron chi connectivity index (χ1n) is 2.25. The molecule has 0 atom stereocenters. The molecular weight excluding hydrogens is 143 g/mol. The molecule has 0 aliphatic heterocycles.